The lowest BCUT2D eigenvalue weighted by atomic mass is 9.60. The number of hydrogen-bond donors (Lipinski definition) is 2. The smallest absolute Gasteiger partial charge is 0.245 e. The fourth-order valence-corrected chi connectivity index (χ4v) is 8.47. The highest BCUT2D eigenvalue weighted by Gasteiger charge is 2.55. The summed E-state index contributed by atoms with van der Waals surface area (Å²) in [6.45, 7) is 12.7. The maximum absolute atomic E-state index is 12.0. The molecule has 5 aliphatic rings. The molecule has 5 heterocycles. The molecule has 9 heteroatoms. The molecular formula is C29H38ClN7O. The molecule has 1 spiro atoms. The van der Waals surface area contributed by atoms with Crippen LogP contribution >= 0.6 is 11.6 Å². The number of pyridine rings is 1. The predicted molar refractivity (Wildman–Crippen MR) is 148 cm³/mol. The lowest BCUT2D eigenvalue weighted by Gasteiger charge is -2.58. The highest BCUT2D eigenvalue weighted by molar-refractivity contribution is 6.21. The number of nitrogens with zero attached hydrogens (tertiary/aromatic N) is 5. The Morgan fingerprint density at radius 2 is 2.08 bits per heavy atom. The summed E-state index contributed by atoms with van der Waals surface area (Å²) in [6, 6.07) is 5.03. The van der Waals surface area contributed by atoms with E-state index in [4.69, 9.17) is 16.7 Å². The summed E-state index contributed by atoms with van der Waals surface area (Å²) >= 11 is 7.28. The van der Waals surface area contributed by atoms with Gasteiger partial charge in [0, 0.05) is 85.0 Å². The third-order valence-electron chi connectivity index (χ3n) is 10.2. The van der Waals surface area contributed by atoms with Gasteiger partial charge < -0.3 is 9.80 Å². The van der Waals surface area contributed by atoms with Crippen LogP contribution in [0.1, 0.15) is 60.9 Å². The van der Waals surface area contributed by atoms with Gasteiger partial charge in [0.2, 0.25) is 5.91 Å². The molecule has 1 amide bonds. The molecule has 8 nitrogen and oxygen atoms in total. The summed E-state index contributed by atoms with van der Waals surface area (Å²) in [5, 5.41) is 5.44. The molecular weight excluding hydrogens is 498 g/mol. The van der Waals surface area contributed by atoms with E-state index in [-0.39, 0.29) is 22.6 Å². The van der Waals surface area contributed by atoms with Crippen LogP contribution in [0.15, 0.2) is 37.2 Å². The Balaban J connectivity index is 1.18. The quantitative estimate of drug-likeness (QED) is 0.451. The Morgan fingerprint density at radius 3 is 2.79 bits per heavy atom. The fourth-order valence-electron chi connectivity index (χ4n) is 8.06. The van der Waals surface area contributed by atoms with Crippen molar-refractivity contribution in [1.82, 2.24) is 30.5 Å². The molecule has 2 N–H and O–H groups in total. The molecule has 202 valence electrons. The second kappa shape index (κ2) is 9.07. The van der Waals surface area contributed by atoms with E-state index in [0.29, 0.717) is 29.8 Å². The van der Waals surface area contributed by atoms with Crippen molar-refractivity contribution in [3.05, 3.63) is 54.0 Å². The first-order valence-corrected chi connectivity index (χ1v) is 14.6. The Kier molecular flexibility index (Phi) is 5.87. The van der Waals surface area contributed by atoms with E-state index in [0.717, 1.165) is 57.8 Å². The molecule has 3 saturated heterocycles. The summed E-state index contributed by atoms with van der Waals surface area (Å²) in [5.74, 6) is 2.81. The summed E-state index contributed by atoms with van der Waals surface area (Å²) in [7, 11) is 0. The van der Waals surface area contributed by atoms with Crippen molar-refractivity contribution >= 4 is 23.3 Å². The summed E-state index contributed by atoms with van der Waals surface area (Å²) in [6.07, 6.45) is 8.52. The molecule has 5 atom stereocenters. The van der Waals surface area contributed by atoms with Gasteiger partial charge in [-0.3, -0.25) is 25.3 Å². The first-order chi connectivity index (χ1) is 18.4. The zero-order chi connectivity index (χ0) is 26.2. The van der Waals surface area contributed by atoms with Crippen LogP contribution in [0, 0.1) is 24.2 Å². The molecule has 5 fully saturated rings. The van der Waals surface area contributed by atoms with Crippen LogP contribution in [0.25, 0.3) is 0 Å². The average Bonchev–Trinajstić information content (AvgIpc) is 3.42. The largest absolute Gasteiger partial charge is 0.354 e. The number of hydrogen-bond acceptors (Lipinski definition) is 6. The van der Waals surface area contributed by atoms with Gasteiger partial charge >= 0.3 is 0 Å². The molecule has 38 heavy (non-hydrogen) atoms. The lowest BCUT2D eigenvalue weighted by Crippen LogP contribution is -2.63. The highest BCUT2D eigenvalue weighted by atomic mass is 35.5. The minimum Gasteiger partial charge on any atom is -0.354 e. The van der Waals surface area contributed by atoms with Gasteiger partial charge in [0.1, 0.15) is 0 Å². The summed E-state index contributed by atoms with van der Waals surface area (Å²) in [4.78, 5) is 20.7. The monoisotopic (exact) mass is 535 g/mol. The summed E-state index contributed by atoms with van der Waals surface area (Å²) in [5.41, 5.74) is 11.2. The van der Waals surface area contributed by atoms with Gasteiger partial charge in [-0.05, 0) is 55.7 Å². The SMILES string of the molecule is C=CC(=O)N1CC2(CC(n3nc(N4CC(c5cccnc5)C4)c(C4C(Cl)C(C)CC5NNCC54)c3C)C2)C1. The first kappa shape index (κ1) is 24.6. The van der Waals surface area contributed by atoms with E-state index >= 15 is 0 Å². The van der Waals surface area contributed by atoms with Crippen molar-refractivity contribution in [1.29, 1.82) is 0 Å². The van der Waals surface area contributed by atoms with E-state index < -0.39 is 0 Å². The number of carbonyl (C=O) groups excluding carboxylic acids is 1. The van der Waals surface area contributed by atoms with Gasteiger partial charge in [-0.15, -0.1) is 11.6 Å². The number of alkyl halides is 1. The zero-order valence-corrected chi connectivity index (χ0v) is 23.1. The number of aromatic nitrogens is 3. The number of hydrazine groups is 1. The van der Waals surface area contributed by atoms with Crippen molar-refractivity contribution in [3.8, 4) is 0 Å². The van der Waals surface area contributed by atoms with Gasteiger partial charge in [-0.1, -0.05) is 19.6 Å². The van der Waals surface area contributed by atoms with E-state index in [1.807, 2.05) is 23.4 Å². The topological polar surface area (TPSA) is 78.3 Å². The van der Waals surface area contributed by atoms with Crippen molar-refractivity contribution in [3.63, 3.8) is 0 Å². The Labute approximate surface area is 229 Å². The molecule has 0 radical (unpaired) electrons. The lowest BCUT2D eigenvalue weighted by molar-refractivity contribution is -0.149. The van der Waals surface area contributed by atoms with Crippen molar-refractivity contribution in [2.75, 3.05) is 37.6 Å². The van der Waals surface area contributed by atoms with Crippen LogP contribution in [0.2, 0.25) is 0 Å². The molecule has 5 unspecified atom stereocenters. The number of carbonyl (C=O) groups is 1. The van der Waals surface area contributed by atoms with Gasteiger partial charge in [-0.2, -0.15) is 5.10 Å². The predicted octanol–water partition coefficient (Wildman–Crippen LogP) is 3.36. The standard InChI is InChI=1S/C29H38ClN7O/c1-4-24(38)36-15-29(16-36)9-21(10-29)37-18(3)25(26-22-12-32-33-23(22)8-17(2)27(26)30)28(34-37)35-13-20(14-35)19-6-5-7-31-11-19/h4-7,11,17,20-23,26-27,32-33H,1,8-10,12-16H2,2-3H3. The Hall–Kier alpha value is -2.42. The van der Waals surface area contributed by atoms with Gasteiger partial charge in [0.25, 0.3) is 0 Å². The maximum atomic E-state index is 12.0. The van der Waals surface area contributed by atoms with Crippen LogP contribution in [0.3, 0.4) is 0 Å². The molecule has 0 aromatic carbocycles. The Bertz CT molecular complexity index is 1230. The van der Waals surface area contributed by atoms with Crippen LogP contribution in [-0.4, -0.2) is 69.7 Å². The second-order valence-electron chi connectivity index (χ2n) is 12.6. The van der Waals surface area contributed by atoms with E-state index in [2.05, 4.69) is 51.9 Å². The van der Waals surface area contributed by atoms with Gasteiger partial charge in [-0.25, -0.2) is 0 Å². The van der Waals surface area contributed by atoms with Crippen LogP contribution in [0.5, 0.6) is 0 Å². The first-order valence-electron chi connectivity index (χ1n) is 14.1. The number of amides is 1. The van der Waals surface area contributed by atoms with Gasteiger partial charge in [0.15, 0.2) is 5.82 Å². The number of halogens is 1. The number of nitrogens with one attached hydrogen (secondary N) is 2. The summed E-state index contributed by atoms with van der Waals surface area (Å²) < 4.78 is 2.32. The van der Waals surface area contributed by atoms with E-state index in [9.17, 15) is 4.79 Å². The highest BCUT2D eigenvalue weighted by Crippen LogP contribution is 2.56. The van der Waals surface area contributed by atoms with Crippen molar-refractivity contribution in [2.45, 2.75) is 62.4 Å². The molecule has 7 rings (SSSR count). The molecule has 2 saturated carbocycles. The Morgan fingerprint density at radius 1 is 1.29 bits per heavy atom. The number of anilines is 1. The maximum Gasteiger partial charge on any atom is 0.245 e. The molecule has 2 aromatic rings. The third-order valence-corrected chi connectivity index (χ3v) is 10.9. The number of rotatable bonds is 5. The second-order valence-corrected chi connectivity index (χ2v) is 13.1. The van der Waals surface area contributed by atoms with Crippen LogP contribution < -0.4 is 15.8 Å². The van der Waals surface area contributed by atoms with Crippen molar-refractivity contribution in [2.24, 2.45) is 17.3 Å². The minimum atomic E-state index is 0.0489. The molecule has 3 aliphatic heterocycles. The van der Waals surface area contributed by atoms with Crippen molar-refractivity contribution < 1.29 is 4.79 Å². The number of likely N-dealkylation sites (tertiary alicyclic amines) is 1. The normalized spacial score (nSPS) is 32.4. The van der Waals surface area contributed by atoms with Crippen LogP contribution in [-0.2, 0) is 4.79 Å². The average molecular weight is 536 g/mol. The fraction of sp³-hybridized carbons (Fsp3) is 0.621. The number of fused-ring (bicyclic) bond motifs is 1. The van der Waals surface area contributed by atoms with Gasteiger partial charge in [0.05, 0.1) is 6.04 Å². The van der Waals surface area contributed by atoms with E-state index in [1.54, 1.807) is 0 Å². The molecule has 2 aromatic heterocycles. The molecule has 2 aliphatic carbocycles. The van der Waals surface area contributed by atoms with Crippen LogP contribution in [0.4, 0.5) is 5.82 Å². The van der Waals surface area contributed by atoms with E-state index in [1.165, 1.54) is 22.9 Å². The molecule has 0 bridgehead atoms. The minimum absolute atomic E-state index is 0.0489. The third kappa shape index (κ3) is 3.74. The zero-order valence-electron chi connectivity index (χ0n) is 22.3.